The minimum absolute atomic E-state index is 0.0419. The Bertz CT molecular complexity index is 971. The molecule has 3 rings (SSSR count). The van der Waals surface area contributed by atoms with E-state index in [9.17, 15) is 9.59 Å². The second kappa shape index (κ2) is 7.19. The molecule has 0 aliphatic rings. The third kappa shape index (κ3) is 3.40. The number of nitrogens with one attached hydrogen (secondary N) is 1. The maximum Gasteiger partial charge on any atom is 0.270 e. The number of hydrogen-bond donors (Lipinski definition) is 1. The second-order valence-corrected chi connectivity index (χ2v) is 6.70. The van der Waals surface area contributed by atoms with Crippen LogP contribution in [-0.4, -0.2) is 43.4 Å². The summed E-state index contributed by atoms with van der Waals surface area (Å²) in [5.41, 5.74) is 4.39. The van der Waals surface area contributed by atoms with Crippen molar-refractivity contribution in [1.82, 2.24) is 24.6 Å². The summed E-state index contributed by atoms with van der Waals surface area (Å²) in [5.74, 6) is -0.185. The van der Waals surface area contributed by atoms with Crippen molar-refractivity contribution in [2.45, 2.75) is 33.7 Å². The van der Waals surface area contributed by atoms with Gasteiger partial charge in [0.05, 0.1) is 11.7 Å². The number of carbonyl (C=O) groups excluding carboxylic acids is 2. The number of ketones is 1. The fraction of sp³-hybridized carbons (Fsp3) is 0.300. The molecule has 0 unspecified atom stereocenters. The number of carbonyl (C=O) groups is 2. The maximum absolute atomic E-state index is 13.0. The zero-order valence-electron chi connectivity index (χ0n) is 16.1. The van der Waals surface area contributed by atoms with Gasteiger partial charge in [0.1, 0.15) is 18.3 Å². The lowest BCUT2D eigenvalue weighted by Gasteiger charge is -2.25. The summed E-state index contributed by atoms with van der Waals surface area (Å²) < 4.78 is 1.68. The van der Waals surface area contributed by atoms with Gasteiger partial charge < -0.3 is 9.88 Å². The molecular weight excluding hydrogens is 342 g/mol. The topological polar surface area (TPSA) is 83.9 Å². The Balaban J connectivity index is 1.83. The number of hydrogen-bond acceptors (Lipinski definition) is 4. The molecule has 0 saturated carbocycles. The molecule has 140 valence electrons. The summed E-state index contributed by atoms with van der Waals surface area (Å²) >= 11 is 0. The van der Waals surface area contributed by atoms with E-state index in [1.54, 1.807) is 29.9 Å². The van der Waals surface area contributed by atoms with Crippen LogP contribution in [0.15, 0.2) is 36.9 Å². The summed E-state index contributed by atoms with van der Waals surface area (Å²) in [7, 11) is 1.77. The van der Waals surface area contributed by atoms with Crippen LogP contribution in [0.25, 0.3) is 5.69 Å². The molecule has 0 saturated heterocycles. The highest BCUT2D eigenvalue weighted by Gasteiger charge is 2.25. The monoisotopic (exact) mass is 365 g/mol. The van der Waals surface area contributed by atoms with E-state index in [0.29, 0.717) is 16.8 Å². The van der Waals surface area contributed by atoms with Gasteiger partial charge in [0, 0.05) is 18.3 Å². The lowest BCUT2D eigenvalue weighted by Crippen LogP contribution is -2.30. The van der Waals surface area contributed by atoms with Gasteiger partial charge in [-0.2, -0.15) is 5.10 Å². The van der Waals surface area contributed by atoms with Gasteiger partial charge in [-0.05, 0) is 51.0 Å². The number of benzene rings is 1. The molecular formula is C20H23N5O2. The van der Waals surface area contributed by atoms with Gasteiger partial charge in [0.15, 0.2) is 5.78 Å². The summed E-state index contributed by atoms with van der Waals surface area (Å²) in [6.07, 6.45) is 3.12. The largest absolute Gasteiger partial charge is 0.354 e. The van der Waals surface area contributed by atoms with Gasteiger partial charge in [-0.1, -0.05) is 12.1 Å². The molecule has 0 spiro atoms. The van der Waals surface area contributed by atoms with Gasteiger partial charge in [0.25, 0.3) is 5.91 Å². The number of aromatic amines is 1. The molecule has 3 aromatic rings. The lowest BCUT2D eigenvalue weighted by molar-refractivity contribution is 0.0736. The molecule has 2 aromatic heterocycles. The molecule has 1 amide bonds. The van der Waals surface area contributed by atoms with E-state index in [-0.39, 0.29) is 17.7 Å². The van der Waals surface area contributed by atoms with Gasteiger partial charge in [0.2, 0.25) is 0 Å². The van der Waals surface area contributed by atoms with Crippen molar-refractivity contribution in [2.24, 2.45) is 0 Å². The predicted octanol–water partition coefficient (Wildman–Crippen LogP) is 3.25. The molecule has 1 N–H and O–H groups in total. The van der Waals surface area contributed by atoms with Crippen molar-refractivity contribution in [3.05, 3.63) is 65.0 Å². The number of rotatable bonds is 5. The Morgan fingerprint density at radius 1 is 1.19 bits per heavy atom. The fourth-order valence-corrected chi connectivity index (χ4v) is 3.31. The van der Waals surface area contributed by atoms with Crippen molar-refractivity contribution in [3.8, 4) is 5.69 Å². The highest BCUT2D eigenvalue weighted by Crippen LogP contribution is 2.25. The van der Waals surface area contributed by atoms with E-state index in [1.165, 1.54) is 13.3 Å². The summed E-state index contributed by atoms with van der Waals surface area (Å²) in [6.45, 7) is 7.10. The Morgan fingerprint density at radius 2 is 1.85 bits per heavy atom. The minimum Gasteiger partial charge on any atom is -0.354 e. The second-order valence-electron chi connectivity index (χ2n) is 6.70. The number of amides is 1. The van der Waals surface area contributed by atoms with Crippen LogP contribution in [0.3, 0.4) is 0 Å². The smallest absolute Gasteiger partial charge is 0.270 e. The number of aromatic nitrogens is 4. The molecule has 27 heavy (non-hydrogen) atoms. The Hall–Kier alpha value is -3.22. The van der Waals surface area contributed by atoms with Crippen LogP contribution in [0.5, 0.6) is 0 Å². The SMILES string of the molecule is CC(=O)c1c(C)[nH]c(C(=O)N(C)[C@@H](C)c2ccc(-n3cncn3)cc2)c1C. The van der Waals surface area contributed by atoms with E-state index in [2.05, 4.69) is 15.1 Å². The molecule has 0 fully saturated rings. The first-order chi connectivity index (χ1) is 12.8. The first kappa shape index (κ1) is 18.6. The number of Topliss-reactive ketones (excluding diaryl/α,β-unsaturated/α-hetero) is 1. The van der Waals surface area contributed by atoms with Crippen molar-refractivity contribution in [3.63, 3.8) is 0 Å². The van der Waals surface area contributed by atoms with Gasteiger partial charge >= 0.3 is 0 Å². The van der Waals surface area contributed by atoms with E-state index < -0.39 is 0 Å². The summed E-state index contributed by atoms with van der Waals surface area (Å²) in [4.78, 5) is 33.5. The zero-order chi connectivity index (χ0) is 19.7. The first-order valence-corrected chi connectivity index (χ1v) is 8.73. The van der Waals surface area contributed by atoms with Gasteiger partial charge in [-0.15, -0.1) is 0 Å². The van der Waals surface area contributed by atoms with Crippen molar-refractivity contribution in [1.29, 1.82) is 0 Å². The van der Waals surface area contributed by atoms with Crippen LogP contribution < -0.4 is 0 Å². The van der Waals surface area contributed by atoms with E-state index in [0.717, 1.165) is 16.9 Å². The van der Waals surface area contributed by atoms with E-state index >= 15 is 0 Å². The Kier molecular flexibility index (Phi) is 4.94. The maximum atomic E-state index is 13.0. The molecule has 1 aromatic carbocycles. The standard InChI is InChI=1S/C20H23N5O2/c1-12-18(15(4)26)13(2)23-19(12)20(27)24(5)14(3)16-6-8-17(9-7-16)25-11-21-10-22-25/h6-11,14,23H,1-5H3/t14-/m0/s1. The van der Waals surface area contributed by atoms with Crippen LogP contribution in [0, 0.1) is 13.8 Å². The first-order valence-electron chi connectivity index (χ1n) is 8.73. The Labute approximate surface area is 158 Å². The van der Waals surface area contributed by atoms with Crippen LogP contribution in [0.1, 0.15) is 57.6 Å². The van der Waals surface area contributed by atoms with Crippen LogP contribution in [0.2, 0.25) is 0 Å². The number of H-pyrrole nitrogens is 1. The van der Waals surface area contributed by atoms with E-state index in [1.807, 2.05) is 38.1 Å². The molecule has 7 nitrogen and oxygen atoms in total. The number of aryl methyl sites for hydroxylation is 1. The van der Waals surface area contributed by atoms with Gasteiger partial charge in [-0.3, -0.25) is 9.59 Å². The highest BCUT2D eigenvalue weighted by molar-refractivity contribution is 6.02. The summed E-state index contributed by atoms with van der Waals surface area (Å²) in [6, 6.07) is 7.69. The van der Waals surface area contributed by atoms with Crippen molar-refractivity contribution >= 4 is 11.7 Å². The average Bonchev–Trinajstić information content (AvgIpc) is 3.28. The molecule has 0 aliphatic carbocycles. The minimum atomic E-state index is -0.143. The quantitative estimate of drug-likeness (QED) is 0.704. The van der Waals surface area contributed by atoms with Crippen LogP contribution in [0.4, 0.5) is 0 Å². The van der Waals surface area contributed by atoms with Crippen LogP contribution in [-0.2, 0) is 0 Å². The molecule has 2 heterocycles. The average molecular weight is 365 g/mol. The predicted molar refractivity (Wildman–Crippen MR) is 102 cm³/mol. The van der Waals surface area contributed by atoms with Crippen LogP contribution >= 0.6 is 0 Å². The van der Waals surface area contributed by atoms with Crippen molar-refractivity contribution < 1.29 is 9.59 Å². The van der Waals surface area contributed by atoms with Gasteiger partial charge in [-0.25, -0.2) is 9.67 Å². The summed E-state index contributed by atoms with van der Waals surface area (Å²) in [5, 5.41) is 4.11. The molecule has 1 atom stereocenters. The third-order valence-corrected chi connectivity index (χ3v) is 4.96. The normalized spacial score (nSPS) is 12.0. The van der Waals surface area contributed by atoms with Crippen molar-refractivity contribution in [2.75, 3.05) is 7.05 Å². The zero-order valence-corrected chi connectivity index (χ0v) is 16.1. The lowest BCUT2D eigenvalue weighted by atomic mass is 10.0. The highest BCUT2D eigenvalue weighted by atomic mass is 16.2. The molecule has 0 radical (unpaired) electrons. The molecule has 7 heteroatoms. The van der Waals surface area contributed by atoms with E-state index in [4.69, 9.17) is 0 Å². The molecule has 0 aliphatic heterocycles. The third-order valence-electron chi connectivity index (χ3n) is 4.96. The Morgan fingerprint density at radius 3 is 2.37 bits per heavy atom. The fourth-order valence-electron chi connectivity index (χ4n) is 3.31. The number of nitrogens with zero attached hydrogens (tertiary/aromatic N) is 4. The molecule has 0 bridgehead atoms.